The van der Waals surface area contributed by atoms with Gasteiger partial charge in [-0.25, -0.2) is 16.8 Å². The third-order valence-corrected chi connectivity index (χ3v) is 24.6. The number of sulfonamides is 2. The van der Waals surface area contributed by atoms with E-state index in [2.05, 4.69) is 261 Å². The number of alkyl halides is 9. The minimum atomic E-state index is -4.67. The van der Waals surface area contributed by atoms with Gasteiger partial charge in [-0.3, -0.25) is 19.0 Å². The van der Waals surface area contributed by atoms with Crippen molar-refractivity contribution in [2.24, 2.45) is 0 Å². The van der Waals surface area contributed by atoms with Gasteiger partial charge in [0.1, 0.15) is 11.5 Å². The highest BCUT2D eigenvalue weighted by Gasteiger charge is 2.34. The Morgan fingerprint density at radius 3 is 0.699 bits per heavy atom. The minimum absolute atomic E-state index is 0.0307. The Balaban J connectivity index is 0.000000208. The summed E-state index contributed by atoms with van der Waals surface area (Å²) in [5.74, 6) is -0.356. The molecule has 0 aliphatic rings. The fourth-order valence-electron chi connectivity index (χ4n) is 14.8. The maximum absolute atomic E-state index is 12.5. The molecule has 14 aromatic carbocycles. The van der Waals surface area contributed by atoms with E-state index in [9.17, 15) is 65.9 Å². The molecule has 0 aliphatic heterocycles. The molecule has 2 N–H and O–H groups in total. The highest BCUT2D eigenvalue weighted by molar-refractivity contribution is 7.92. The Labute approximate surface area is 860 Å². The minimum Gasteiger partial charge on any atom is -0.406 e. The van der Waals surface area contributed by atoms with Gasteiger partial charge in [-0.2, -0.15) is 13.2 Å². The van der Waals surface area contributed by atoms with Gasteiger partial charge in [0, 0.05) is 50.7 Å². The number of amides is 2. The van der Waals surface area contributed by atoms with Crippen LogP contribution in [0.2, 0.25) is 0 Å². The number of benzene rings is 14. The van der Waals surface area contributed by atoms with Crippen molar-refractivity contribution in [1.82, 2.24) is 9.80 Å². The van der Waals surface area contributed by atoms with Gasteiger partial charge in [0.05, 0.1) is 18.1 Å². The van der Waals surface area contributed by atoms with Gasteiger partial charge >= 0.3 is 18.9 Å². The lowest BCUT2D eigenvalue weighted by atomic mass is 9.86. The summed E-state index contributed by atoms with van der Waals surface area (Å²) in [5.41, 5.74) is 25.4. The second-order valence-electron chi connectivity index (χ2n) is 43.5. The number of carbonyl (C=O) groups is 2. The van der Waals surface area contributed by atoms with E-state index >= 15 is 0 Å². The molecule has 0 atom stereocenters. The van der Waals surface area contributed by atoms with Gasteiger partial charge in [-0.05, 0) is 240 Å². The predicted octanol–water partition coefficient (Wildman–Crippen LogP) is 33.5. The van der Waals surface area contributed by atoms with Crippen LogP contribution in [-0.2, 0) is 64.1 Å². The molecule has 0 unspecified atom stereocenters. The van der Waals surface area contributed by atoms with E-state index in [-0.39, 0.29) is 61.2 Å². The summed E-state index contributed by atoms with van der Waals surface area (Å²) in [5, 5.41) is 0. The van der Waals surface area contributed by atoms with Crippen LogP contribution in [0.15, 0.2) is 340 Å². The molecule has 0 aromatic heterocycles. The number of rotatable bonds is 15. The summed E-state index contributed by atoms with van der Waals surface area (Å²) in [6.07, 6.45) is -11.3. The molecular formula is C123H139F9N4O8S2. The van der Waals surface area contributed by atoms with Gasteiger partial charge in [-0.15, -0.1) is 26.3 Å². The molecule has 0 aliphatic carbocycles. The van der Waals surface area contributed by atoms with Crippen molar-refractivity contribution in [3.8, 4) is 89.4 Å². The molecule has 0 bridgehead atoms. The number of hydrogen-bond donors (Lipinski definition) is 2. The fraction of sp³-hybridized carbons (Fsp3) is 0.301. The van der Waals surface area contributed by atoms with Crippen LogP contribution >= 0.6 is 0 Å². The van der Waals surface area contributed by atoms with Gasteiger partial charge < -0.3 is 19.3 Å². The van der Waals surface area contributed by atoms with E-state index < -0.39 is 44.5 Å². The number of ether oxygens (including phenoxy) is 2. The molecule has 14 aromatic rings. The highest BCUT2D eigenvalue weighted by atomic mass is 32.2. The Morgan fingerprint density at radius 2 is 0.438 bits per heavy atom. The Kier molecular flexibility index (Phi) is 39.2. The summed E-state index contributed by atoms with van der Waals surface area (Å²) >= 11 is 0. The van der Waals surface area contributed by atoms with Crippen LogP contribution in [0, 0.1) is 0 Å². The smallest absolute Gasteiger partial charge is 0.406 e. The maximum atomic E-state index is 12.5. The first kappa shape index (κ1) is 118. The van der Waals surface area contributed by atoms with Crippen molar-refractivity contribution in [3.63, 3.8) is 0 Å². The second kappa shape index (κ2) is 48.7. The molecule has 774 valence electrons. The van der Waals surface area contributed by atoms with Crippen LogP contribution in [0.5, 0.6) is 11.5 Å². The molecule has 146 heavy (non-hydrogen) atoms. The lowest BCUT2D eigenvalue weighted by molar-refractivity contribution is -0.275. The summed E-state index contributed by atoms with van der Waals surface area (Å²) in [4.78, 5) is 27.1. The van der Waals surface area contributed by atoms with Crippen molar-refractivity contribution < 1.29 is 75.4 Å². The zero-order valence-corrected chi connectivity index (χ0v) is 90.3. The number of nitrogens with one attached hydrogen (secondary N) is 2. The molecule has 2 amide bonds. The van der Waals surface area contributed by atoms with E-state index in [4.69, 9.17) is 0 Å². The fourth-order valence-corrected chi connectivity index (χ4v) is 15.9. The zero-order chi connectivity index (χ0) is 109. The Morgan fingerprint density at radius 1 is 0.226 bits per heavy atom. The first-order valence-electron chi connectivity index (χ1n) is 47.8. The number of halogens is 9. The number of carbonyl (C=O) groups excluding carboxylic acids is 2. The van der Waals surface area contributed by atoms with Gasteiger partial charge in [0.2, 0.25) is 20.0 Å². The average molecular weight is 2040 g/mol. The van der Waals surface area contributed by atoms with E-state index in [1.807, 2.05) is 152 Å². The Bertz CT molecular complexity index is 6750. The largest absolute Gasteiger partial charge is 0.573 e. The first-order chi connectivity index (χ1) is 67.3. The number of nitrogens with zero attached hydrogens (tertiary/aromatic N) is 2. The average Bonchev–Trinajstić information content (AvgIpc) is 0.931. The number of anilines is 2. The van der Waals surface area contributed by atoms with E-state index in [1.54, 1.807) is 80.5 Å². The normalized spacial score (nSPS) is 12.0. The monoisotopic (exact) mass is 2030 g/mol. The molecule has 0 heterocycles. The predicted molar refractivity (Wildman–Crippen MR) is 585 cm³/mol. The van der Waals surface area contributed by atoms with Gasteiger partial charge in [0.25, 0.3) is 11.8 Å². The molecule has 14 rings (SSSR count). The third-order valence-electron chi connectivity index (χ3n) is 23.4. The topological polar surface area (TPSA) is 151 Å². The van der Waals surface area contributed by atoms with Crippen LogP contribution in [0.4, 0.5) is 50.9 Å². The summed E-state index contributed by atoms with van der Waals surface area (Å²) in [6, 6.07) is 105. The van der Waals surface area contributed by atoms with Crippen molar-refractivity contribution >= 4 is 43.2 Å². The standard InChI is InChI=1S/2C19H23NO.2C17H17F3O.C17H17F3.2C17H21NO2S/c1-19(2,3)17-12-10-15(11-13-17)14-6-8-16(9-7-14)18(21)20(4)5;1-19(2,3)17-11-9-14(10-12-17)15-7-6-8-16(13-15)18(21)20(4)5;1-16(2,3)14-8-4-12(5-9-14)13-6-10-15(11-7-13)21-17(18,19)20;1-16(2,3)14-9-7-12(8-10-14)13-5-4-6-15(11-13)21-17(18,19)20;1-16(2,3)14-8-4-12(5-9-14)13-6-10-15(11-7-13)17(18,19)20;1-17(2,3)15-9-5-13(6-10-15)14-7-11-16(12-8-14)18-21(4,19)20;1-17(2,3)15-10-8-13(9-11-15)14-6-5-7-16(12-14)18-21(4,19)20/h2*6-13H,1-5H3;2*4-11H,1-3H3;4-11H,1-3H3;2*5-12,18H,1-4H3. The lowest BCUT2D eigenvalue weighted by Gasteiger charge is -2.19. The van der Waals surface area contributed by atoms with E-state index in [0.29, 0.717) is 16.9 Å². The lowest BCUT2D eigenvalue weighted by Crippen LogP contribution is -2.21. The molecule has 0 saturated carbocycles. The van der Waals surface area contributed by atoms with Gasteiger partial charge in [-0.1, -0.05) is 400 Å². The molecule has 0 saturated heterocycles. The second-order valence-corrected chi connectivity index (χ2v) is 47.0. The zero-order valence-electron chi connectivity index (χ0n) is 88.7. The van der Waals surface area contributed by atoms with Crippen molar-refractivity contribution in [2.45, 2.75) is 202 Å². The first-order valence-corrected chi connectivity index (χ1v) is 51.6. The molecular weight excluding hydrogens is 1900 g/mol. The molecule has 0 spiro atoms. The Hall–Kier alpha value is -13.5. The summed E-state index contributed by atoms with van der Waals surface area (Å²) in [6.45, 7) is 45.5. The maximum Gasteiger partial charge on any atom is 0.573 e. The molecule has 0 fully saturated rings. The molecule has 0 radical (unpaired) electrons. The van der Waals surface area contributed by atoms with Gasteiger partial charge in [0.15, 0.2) is 0 Å². The molecule has 23 heteroatoms. The quantitative estimate of drug-likeness (QED) is 0.0963. The van der Waals surface area contributed by atoms with Crippen molar-refractivity contribution in [3.05, 3.63) is 395 Å². The number of hydrogen-bond acceptors (Lipinski definition) is 8. The van der Waals surface area contributed by atoms with Crippen molar-refractivity contribution in [2.75, 3.05) is 50.1 Å². The highest BCUT2D eigenvalue weighted by Crippen LogP contribution is 2.39. The van der Waals surface area contributed by atoms with Crippen molar-refractivity contribution in [1.29, 1.82) is 0 Å². The summed E-state index contributed by atoms with van der Waals surface area (Å²) < 4.78 is 168. The van der Waals surface area contributed by atoms with Crippen LogP contribution in [-0.4, -0.2) is 91.9 Å². The van der Waals surface area contributed by atoms with E-state index in [1.165, 1.54) is 80.9 Å². The van der Waals surface area contributed by atoms with E-state index in [0.717, 1.165) is 103 Å². The SMILES string of the molecule is CC(C)(C)c1ccc(-c2ccc(C(F)(F)F)cc2)cc1.CC(C)(C)c1ccc(-c2ccc(NS(C)(=O)=O)cc2)cc1.CC(C)(C)c1ccc(-c2ccc(OC(F)(F)F)cc2)cc1.CC(C)(C)c1ccc(-c2cccc(NS(C)(=O)=O)c2)cc1.CC(C)(C)c1ccc(-c2cccc(OC(F)(F)F)c2)cc1.CN(C)C(=O)c1ccc(-c2ccc(C(C)(C)C)cc2)cc1.CN(C)C(=O)c1cccc(-c2ccc(C(C)(C)C)cc2)c1. The van der Waals surface area contributed by atoms with Crippen LogP contribution < -0.4 is 18.9 Å². The third kappa shape index (κ3) is 38.5. The van der Waals surface area contributed by atoms with Crippen LogP contribution in [0.25, 0.3) is 77.9 Å². The molecule has 12 nitrogen and oxygen atoms in total. The summed E-state index contributed by atoms with van der Waals surface area (Å²) in [7, 11) is 0.594. The van der Waals surface area contributed by atoms with Crippen LogP contribution in [0.1, 0.15) is 211 Å². The van der Waals surface area contributed by atoms with Crippen LogP contribution in [0.3, 0.4) is 0 Å².